The molecule has 2 atom stereocenters. The molecule has 74 valence electrons. The molecule has 0 saturated carbocycles. The van der Waals surface area contributed by atoms with E-state index in [0.29, 0.717) is 12.0 Å². The van der Waals surface area contributed by atoms with Gasteiger partial charge in [-0.1, -0.05) is 19.9 Å². The van der Waals surface area contributed by atoms with Gasteiger partial charge in [0, 0.05) is 23.4 Å². The molecular formula is C11H19NS. The van der Waals surface area contributed by atoms with Gasteiger partial charge in [-0.05, 0) is 24.8 Å². The van der Waals surface area contributed by atoms with Crippen molar-refractivity contribution < 1.29 is 0 Å². The highest BCUT2D eigenvalue weighted by Gasteiger charge is 2.06. The van der Waals surface area contributed by atoms with E-state index in [0.717, 1.165) is 6.54 Å². The summed E-state index contributed by atoms with van der Waals surface area (Å²) in [5.41, 5.74) is 0. The van der Waals surface area contributed by atoms with Gasteiger partial charge in [0.1, 0.15) is 0 Å². The molecule has 0 spiro atoms. The van der Waals surface area contributed by atoms with E-state index in [1.807, 2.05) is 11.3 Å². The molecule has 1 aromatic heterocycles. The minimum atomic E-state index is 0.641. The SMILES string of the molecule is CCC(C)NCC(C)c1cccs1. The minimum absolute atomic E-state index is 0.641. The van der Waals surface area contributed by atoms with Gasteiger partial charge in [-0.2, -0.15) is 0 Å². The average molecular weight is 197 g/mol. The van der Waals surface area contributed by atoms with Gasteiger partial charge in [0.2, 0.25) is 0 Å². The highest BCUT2D eigenvalue weighted by atomic mass is 32.1. The Bertz CT molecular complexity index is 218. The summed E-state index contributed by atoms with van der Waals surface area (Å²) in [4.78, 5) is 1.48. The molecule has 0 aliphatic carbocycles. The van der Waals surface area contributed by atoms with Crippen LogP contribution in [0.3, 0.4) is 0 Å². The lowest BCUT2D eigenvalue weighted by atomic mass is 10.1. The molecule has 1 rings (SSSR count). The van der Waals surface area contributed by atoms with Crippen LogP contribution in [0.2, 0.25) is 0 Å². The van der Waals surface area contributed by atoms with E-state index >= 15 is 0 Å². The van der Waals surface area contributed by atoms with Gasteiger partial charge in [-0.3, -0.25) is 0 Å². The smallest absolute Gasteiger partial charge is 0.00860 e. The summed E-state index contributed by atoms with van der Waals surface area (Å²) in [6.45, 7) is 7.82. The van der Waals surface area contributed by atoms with Crippen molar-refractivity contribution in [2.24, 2.45) is 0 Å². The van der Waals surface area contributed by atoms with E-state index in [4.69, 9.17) is 0 Å². The first-order valence-corrected chi connectivity index (χ1v) is 5.88. The number of hydrogen-bond donors (Lipinski definition) is 1. The second kappa shape index (κ2) is 5.40. The largest absolute Gasteiger partial charge is 0.314 e. The fraction of sp³-hybridized carbons (Fsp3) is 0.636. The number of rotatable bonds is 5. The van der Waals surface area contributed by atoms with Crippen molar-refractivity contribution in [2.75, 3.05) is 6.54 Å². The molecule has 2 unspecified atom stereocenters. The van der Waals surface area contributed by atoms with Gasteiger partial charge in [0.05, 0.1) is 0 Å². The van der Waals surface area contributed by atoms with Crippen molar-refractivity contribution in [3.63, 3.8) is 0 Å². The third-order valence-electron chi connectivity index (χ3n) is 2.41. The lowest BCUT2D eigenvalue weighted by molar-refractivity contribution is 0.510. The Morgan fingerprint density at radius 2 is 2.23 bits per heavy atom. The maximum atomic E-state index is 3.53. The monoisotopic (exact) mass is 197 g/mol. The normalized spacial score (nSPS) is 15.6. The van der Waals surface area contributed by atoms with E-state index in [-0.39, 0.29) is 0 Å². The molecule has 0 aromatic carbocycles. The molecular weight excluding hydrogens is 178 g/mol. The zero-order valence-corrected chi connectivity index (χ0v) is 9.53. The Hall–Kier alpha value is -0.340. The van der Waals surface area contributed by atoms with Crippen LogP contribution in [0.5, 0.6) is 0 Å². The Balaban J connectivity index is 2.30. The molecule has 1 N–H and O–H groups in total. The topological polar surface area (TPSA) is 12.0 Å². The van der Waals surface area contributed by atoms with Crippen LogP contribution in [0.4, 0.5) is 0 Å². The maximum absolute atomic E-state index is 3.53. The molecule has 1 nitrogen and oxygen atoms in total. The van der Waals surface area contributed by atoms with Gasteiger partial charge >= 0.3 is 0 Å². The van der Waals surface area contributed by atoms with Crippen LogP contribution in [0.1, 0.15) is 38.0 Å². The summed E-state index contributed by atoms with van der Waals surface area (Å²) < 4.78 is 0. The molecule has 0 fully saturated rings. The number of hydrogen-bond acceptors (Lipinski definition) is 2. The third-order valence-corrected chi connectivity index (χ3v) is 3.52. The molecule has 1 aromatic rings. The molecule has 0 aliphatic rings. The van der Waals surface area contributed by atoms with Crippen LogP contribution < -0.4 is 5.32 Å². The van der Waals surface area contributed by atoms with Crippen molar-refractivity contribution in [2.45, 2.75) is 39.2 Å². The van der Waals surface area contributed by atoms with Crippen molar-refractivity contribution in [1.29, 1.82) is 0 Å². The highest BCUT2D eigenvalue weighted by Crippen LogP contribution is 2.19. The summed E-state index contributed by atoms with van der Waals surface area (Å²) in [5, 5.41) is 5.67. The van der Waals surface area contributed by atoms with Crippen molar-refractivity contribution in [3.05, 3.63) is 22.4 Å². The predicted molar refractivity (Wildman–Crippen MR) is 60.5 cm³/mol. The second-order valence-corrected chi connectivity index (χ2v) is 4.61. The summed E-state index contributed by atoms with van der Waals surface area (Å²) in [7, 11) is 0. The van der Waals surface area contributed by atoms with Crippen LogP contribution in [0, 0.1) is 0 Å². The summed E-state index contributed by atoms with van der Waals surface area (Å²) in [6, 6.07) is 4.98. The minimum Gasteiger partial charge on any atom is -0.314 e. The van der Waals surface area contributed by atoms with Crippen LogP contribution in [0.25, 0.3) is 0 Å². The third kappa shape index (κ3) is 3.49. The molecule has 2 heteroatoms. The van der Waals surface area contributed by atoms with E-state index in [1.165, 1.54) is 11.3 Å². The van der Waals surface area contributed by atoms with Crippen LogP contribution in [-0.4, -0.2) is 12.6 Å². The van der Waals surface area contributed by atoms with Crippen molar-refractivity contribution >= 4 is 11.3 Å². The molecule has 0 saturated heterocycles. The van der Waals surface area contributed by atoms with Crippen molar-refractivity contribution in [1.82, 2.24) is 5.32 Å². The predicted octanol–water partition coefficient (Wildman–Crippen LogP) is 3.24. The average Bonchev–Trinajstić information content (AvgIpc) is 2.66. The lowest BCUT2D eigenvalue weighted by Gasteiger charge is -2.15. The van der Waals surface area contributed by atoms with Gasteiger partial charge in [0.15, 0.2) is 0 Å². The first kappa shape index (κ1) is 10.7. The quantitative estimate of drug-likeness (QED) is 0.764. The van der Waals surface area contributed by atoms with Crippen LogP contribution in [0.15, 0.2) is 17.5 Å². The first-order valence-electron chi connectivity index (χ1n) is 5.00. The first-order chi connectivity index (χ1) is 6.24. The highest BCUT2D eigenvalue weighted by molar-refractivity contribution is 7.10. The van der Waals surface area contributed by atoms with Gasteiger partial charge < -0.3 is 5.32 Å². The fourth-order valence-electron chi connectivity index (χ4n) is 1.19. The molecule has 0 aliphatic heterocycles. The fourth-order valence-corrected chi connectivity index (χ4v) is 1.98. The van der Waals surface area contributed by atoms with Crippen molar-refractivity contribution in [3.8, 4) is 0 Å². The molecule has 0 radical (unpaired) electrons. The van der Waals surface area contributed by atoms with E-state index in [9.17, 15) is 0 Å². The van der Waals surface area contributed by atoms with E-state index < -0.39 is 0 Å². The van der Waals surface area contributed by atoms with E-state index in [1.54, 1.807) is 0 Å². The Morgan fingerprint density at radius 1 is 1.46 bits per heavy atom. The zero-order valence-electron chi connectivity index (χ0n) is 8.71. The standard InChI is InChI=1S/C11H19NS/c1-4-10(3)12-8-9(2)11-6-5-7-13-11/h5-7,9-10,12H,4,8H2,1-3H3. The molecule has 0 bridgehead atoms. The Labute approximate surface area is 85.2 Å². The Morgan fingerprint density at radius 3 is 2.77 bits per heavy atom. The van der Waals surface area contributed by atoms with Gasteiger partial charge in [-0.15, -0.1) is 11.3 Å². The number of nitrogens with one attached hydrogen (secondary N) is 1. The van der Waals surface area contributed by atoms with Crippen LogP contribution in [-0.2, 0) is 0 Å². The summed E-state index contributed by atoms with van der Waals surface area (Å²) in [5.74, 6) is 0.647. The molecule has 0 amide bonds. The summed E-state index contributed by atoms with van der Waals surface area (Å²) >= 11 is 1.85. The molecule has 1 heterocycles. The summed E-state index contributed by atoms with van der Waals surface area (Å²) in [6.07, 6.45) is 1.21. The molecule has 13 heavy (non-hydrogen) atoms. The second-order valence-electron chi connectivity index (χ2n) is 3.63. The van der Waals surface area contributed by atoms with Gasteiger partial charge in [0.25, 0.3) is 0 Å². The number of thiophene rings is 1. The maximum Gasteiger partial charge on any atom is 0.00860 e. The Kier molecular flexibility index (Phi) is 4.46. The van der Waals surface area contributed by atoms with Crippen LogP contribution >= 0.6 is 11.3 Å². The lowest BCUT2D eigenvalue weighted by Crippen LogP contribution is -2.28. The zero-order chi connectivity index (χ0) is 9.68. The van der Waals surface area contributed by atoms with E-state index in [2.05, 4.69) is 43.6 Å². The van der Waals surface area contributed by atoms with Gasteiger partial charge in [-0.25, -0.2) is 0 Å².